The average molecular weight is 533 g/mol. The second-order valence-electron chi connectivity index (χ2n) is 11.8. The van der Waals surface area contributed by atoms with Crippen LogP contribution in [-0.4, -0.2) is 29.4 Å². The minimum absolute atomic E-state index is 0.0704. The molecule has 4 rings (SSSR count). The van der Waals surface area contributed by atoms with E-state index in [-0.39, 0.29) is 29.1 Å². The van der Waals surface area contributed by atoms with Crippen LogP contribution >= 0.6 is 0 Å². The number of fused-ring (bicyclic) bond motifs is 2. The highest BCUT2D eigenvalue weighted by Crippen LogP contribution is 2.62. The molecular weight excluding hydrogens is 497 g/mol. The van der Waals surface area contributed by atoms with Gasteiger partial charge in [-0.2, -0.15) is 13.2 Å². The first-order valence-corrected chi connectivity index (χ1v) is 13.1. The van der Waals surface area contributed by atoms with Crippen LogP contribution in [-0.2, 0) is 25.2 Å². The molecule has 2 fully saturated rings. The Hall–Kier alpha value is -2.90. The van der Waals surface area contributed by atoms with Crippen molar-refractivity contribution in [2.45, 2.75) is 78.7 Å². The molecule has 0 saturated heterocycles. The van der Waals surface area contributed by atoms with Gasteiger partial charge in [0.1, 0.15) is 6.10 Å². The van der Waals surface area contributed by atoms with E-state index in [2.05, 4.69) is 13.8 Å². The third-order valence-corrected chi connectivity index (χ3v) is 8.70. The summed E-state index contributed by atoms with van der Waals surface area (Å²) in [5, 5.41) is 0. The fraction of sp³-hybridized carbons (Fsp3) is 0.567. The Morgan fingerprint density at radius 3 is 2.39 bits per heavy atom. The van der Waals surface area contributed by atoms with Crippen molar-refractivity contribution in [3.8, 4) is 0 Å². The number of rotatable bonds is 3. The zero-order chi connectivity index (χ0) is 28.2. The maximum Gasteiger partial charge on any atom is 0.416 e. The molecule has 3 aliphatic carbocycles. The number of hydrogen-bond acceptors (Lipinski definition) is 5. The molecule has 0 amide bonds. The predicted octanol–water partition coefficient (Wildman–Crippen LogP) is 6.72. The van der Waals surface area contributed by atoms with Crippen molar-refractivity contribution in [1.82, 2.24) is 0 Å². The van der Waals surface area contributed by atoms with Gasteiger partial charge < -0.3 is 9.47 Å². The van der Waals surface area contributed by atoms with Crippen LogP contribution in [0.15, 0.2) is 47.6 Å². The van der Waals surface area contributed by atoms with E-state index in [9.17, 15) is 27.6 Å². The van der Waals surface area contributed by atoms with Gasteiger partial charge in [0.2, 0.25) is 5.78 Å². The molecule has 0 radical (unpaired) electrons. The summed E-state index contributed by atoms with van der Waals surface area (Å²) in [6, 6.07) is 4.06. The summed E-state index contributed by atoms with van der Waals surface area (Å²) in [5.41, 5.74) is -1.22. The smallest absolute Gasteiger partial charge is 0.416 e. The van der Waals surface area contributed by atoms with Crippen molar-refractivity contribution in [1.29, 1.82) is 0 Å². The Morgan fingerprint density at radius 1 is 1.08 bits per heavy atom. The highest BCUT2D eigenvalue weighted by Gasteiger charge is 2.61. The Labute approximate surface area is 221 Å². The van der Waals surface area contributed by atoms with Gasteiger partial charge in [0.15, 0.2) is 5.60 Å². The lowest BCUT2D eigenvalue weighted by molar-refractivity contribution is -0.168. The van der Waals surface area contributed by atoms with Gasteiger partial charge in [-0.1, -0.05) is 44.6 Å². The molecule has 0 heterocycles. The summed E-state index contributed by atoms with van der Waals surface area (Å²) in [6.07, 6.45) is 0.191. The topological polar surface area (TPSA) is 69.7 Å². The molecule has 0 bridgehead atoms. The van der Waals surface area contributed by atoms with Crippen molar-refractivity contribution in [2.75, 3.05) is 0 Å². The van der Waals surface area contributed by atoms with Gasteiger partial charge in [0.25, 0.3) is 0 Å². The third kappa shape index (κ3) is 5.06. The van der Waals surface area contributed by atoms with E-state index in [0.717, 1.165) is 36.6 Å². The quantitative estimate of drug-likeness (QED) is 0.319. The van der Waals surface area contributed by atoms with Crippen LogP contribution in [0.1, 0.15) is 76.7 Å². The highest BCUT2D eigenvalue weighted by molar-refractivity contribution is 6.03. The number of hydrogen-bond donors (Lipinski definition) is 0. The summed E-state index contributed by atoms with van der Waals surface area (Å²) in [7, 11) is 0. The van der Waals surface area contributed by atoms with E-state index in [1.807, 2.05) is 19.1 Å². The number of Topliss-reactive ketones (excluding diaryl/α,β-unsaturated/α-hetero) is 1. The molecular formula is C30H35F3O5. The number of ketones is 1. The minimum Gasteiger partial charge on any atom is -0.458 e. The first-order valence-electron chi connectivity index (χ1n) is 13.1. The van der Waals surface area contributed by atoms with Crippen LogP contribution in [0, 0.1) is 29.1 Å². The predicted molar refractivity (Wildman–Crippen MR) is 135 cm³/mol. The average Bonchev–Trinajstić information content (AvgIpc) is 3.23. The molecule has 38 heavy (non-hydrogen) atoms. The maximum absolute atomic E-state index is 14.1. The molecule has 3 aliphatic rings. The summed E-state index contributed by atoms with van der Waals surface area (Å²) in [4.78, 5) is 39.5. The Balaban J connectivity index is 1.75. The number of allylic oxidation sites excluding steroid dienone is 2. The molecule has 0 spiro atoms. The van der Waals surface area contributed by atoms with Gasteiger partial charge in [-0.25, -0.2) is 4.79 Å². The number of alkyl halides is 3. The van der Waals surface area contributed by atoms with Gasteiger partial charge in [-0.15, -0.1) is 0 Å². The molecule has 1 aromatic carbocycles. The van der Waals surface area contributed by atoms with Gasteiger partial charge in [-0.05, 0) is 73.6 Å². The molecule has 1 aromatic rings. The SMILES string of the molecule is CC(=O)O[C@]12C[C@H](C)[C@H](OC(=O)c3cccc(C(F)(F)F)c3)[C@@H]1/C=C(\C)CC[C@H]1[C@@H](/C=C(\C)C2=O)C1(C)C. The van der Waals surface area contributed by atoms with Crippen LogP contribution in [0.4, 0.5) is 13.2 Å². The Morgan fingerprint density at radius 2 is 1.76 bits per heavy atom. The van der Waals surface area contributed by atoms with Crippen LogP contribution < -0.4 is 0 Å². The number of benzene rings is 1. The fourth-order valence-corrected chi connectivity index (χ4v) is 6.56. The van der Waals surface area contributed by atoms with Crippen LogP contribution in [0.2, 0.25) is 0 Å². The Kier molecular flexibility index (Phi) is 7.17. The molecule has 206 valence electrons. The first kappa shape index (κ1) is 28.1. The van der Waals surface area contributed by atoms with E-state index < -0.39 is 47.2 Å². The minimum atomic E-state index is -4.61. The van der Waals surface area contributed by atoms with E-state index in [0.29, 0.717) is 11.5 Å². The molecule has 0 aromatic heterocycles. The van der Waals surface area contributed by atoms with Gasteiger partial charge >= 0.3 is 18.1 Å². The zero-order valence-corrected chi connectivity index (χ0v) is 22.6. The Bertz CT molecular complexity index is 1210. The lowest BCUT2D eigenvalue weighted by atomic mass is 9.81. The molecule has 0 N–H and O–H groups in total. The molecule has 0 unspecified atom stereocenters. The maximum atomic E-state index is 14.1. The molecule has 6 atom stereocenters. The lowest BCUT2D eigenvalue weighted by Crippen LogP contribution is -2.48. The summed E-state index contributed by atoms with van der Waals surface area (Å²) in [5.74, 6) is -2.40. The molecule has 0 aliphatic heterocycles. The highest BCUT2D eigenvalue weighted by atomic mass is 19.4. The van der Waals surface area contributed by atoms with Crippen molar-refractivity contribution in [3.63, 3.8) is 0 Å². The fourth-order valence-electron chi connectivity index (χ4n) is 6.56. The number of halogens is 3. The van der Waals surface area contributed by atoms with E-state index in [1.54, 1.807) is 13.8 Å². The number of carbonyl (C=O) groups is 3. The van der Waals surface area contributed by atoms with Crippen molar-refractivity contribution in [2.24, 2.45) is 29.1 Å². The van der Waals surface area contributed by atoms with E-state index >= 15 is 0 Å². The standard InChI is InChI=1S/C30H35F3O5/c1-16-10-11-22-23(28(22,5)6)13-17(2)26(35)29(38-19(4)34)15-18(3)25(24(29)12-16)37-27(36)20-8-7-9-21(14-20)30(31,32)33/h7-9,12-14,18,22-25H,10-11,15H2,1-6H3/b16-12+,17-13+/t18-,22-,23+,24-,25-,29+/m0/s1. The third-order valence-electron chi connectivity index (χ3n) is 8.70. The van der Waals surface area contributed by atoms with Crippen molar-refractivity contribution >= 4 is 17.7 Å². The number of carbonyl (C=O) groups excluding carboxylic acids is 3. The summed E-state index contributed by atoms with van der Waals surface area (Å²) in [6.45, 7) is 11.1. The molecule has 8 heteroatoms. The van der Waals surface area contributed by atoms with Crippen LogP contribution in [0.3, 0.4) is 0 Å². The van der Waals surface area contributed by atoms with Gasteiger partial charge in [0.05, 0.1) is 17.0 Å². The lowest BCUT2D eigenvalue weighted by Gasteiger charge is -2.34. The largest absolute Gasteiger partial charge is 0.458 e. The molecule has 5 nitrogen and oxygen atoms in total. The van der Waals surface area contributed by atoms with E-state index in [4.69, 9.17) is 9.47 Å². The summed E-state index contributed by atoms with van der Waals surface area (Å²) < 4.78 is 51.4. The van der Waals surface area contributed by atoms with E-state index in [1.165, 1.54) is 13.0 Å². The second kappa shape index (κ2) is 9.69. The van der Waals surface area contributed by atoms with Crippen molar-refractivity contribution < 1.29 is 37.0 Å². The number of ether oxygens (including phenoxy) is 2. The normalized spacial score (nSPS) is 35.4. The second-order valence-corrected chi connectivity index (χ2v) is 11.8. The first-order chi connectivity index (χ1) is 17.6. The number of esters is 2. The zero-order valence-electron chi connectivity index (χ0n) is 22.6. The van der Waals surface area contributed by atoms with Gasteiger partial charge in [0, 0.05) is 13.3 Å². The molecule has 2 saturated carbocycles. The van der Waals surface area contributed by atoms with Crippen LogP contribution in [0.5, 0.6) is 0 Å². The summed E-state index contributed by atoms with van der Waals surface area (Å²) >= 11 is 0. The monoisotopic (exact) mass is 532 g/mol. The van der Waals surface area contributed by atoms with Gasteiger partial charge in [-0.3, -0.25) is 9.59 Å². The van der Waals surface area contributed by atoms with Crippen LogP contribution in [0.25, 0.3) is 0 Å². The van der Waals surface area contributed by atoms with Crippen molar-refractivity contribution in [3.05, 3.63) is 58.7 Å².